The van der Waals surface area contributed by atoms with E-state index in [1.807, 2.05) is 51.7 Å². The van der Waals surface area contributed by atoms with Crippen LogP contribution in [0.25, 0.3) is 0 Å². The highest BCUT2D eigenvalue weighted by Gasteiger charge is 2.20. The monoisotopic (exact) mass is 266 g/mol. The van der Waals surface area contributed by atoms with Crippen molar-refractivity contribution < 1.29 is 9.21 Å². The summed E-state index contributed by atoms with van der Waals surface area (Å²) in [6, 6.07) is 4.24. The fraction of sp³-hybridized carbons (Fsp3) is 0.667. The molecule has 1 N–H and O–H groups in total. The van der Waals surface area contributed by atoms with Crippen LogP contribution in [0.15, 0.2) is 16.5 Å². The summed E-state index contributed by atoms with van der Waals surface area (Å²) in [5.41, 5.74) is 0. The van der Waals surface area contributed by atoms with E-state index in [-0.39, 0.29) is 18.0 Å². The van der Waals surface area contributed by atoms with E-state index < -0.39 is 0 Å². The van der Waals surface area contributed by atoms with Gasteiger partial charge in [0.25, 0.3) is 0 Å². The molecule has 0 fully saturated rings. The number of hydrogen-bond donors (Lipinski definition) is 1. The summed E-state index contributed by atoms with van der Waals surface area (Å²) in [5, 5.41) is 3.27. The molecule has 4 heteroatoms. The van der Waals surface area contributed by atoms with Crippen LogP contribution in [0.3, 0.4) is 0 Å². The third kappa shape index (κ3) is 5.07. The number of nitrogens with zero attached hydrogens (tertiary/aromatic N) is 1. The van der Waals surface area contributed by atoms with Gasteiger partial charge in [-0.3, -0.25) is 4.79 Å². The predicted octanol–water partition coefficient (Wildman–Crippen LogP) is 2.71. The quantitative estimate of drug-likeness (QED) is 0.825. The maximum atomic E-state index is 12.3. The third-order valence-electron chi connectivity index (χ3n) is 3.10. The van der Waals surface area contributed by atoms with Crippen molar-refractivity contribution in [3.8, 4) is 0 Å². The van der Waals surface area contributed by atoms with Gasteiger partial charge < -0.3 is 14.6 Å². The van der Waals surface area contributed by atoms with Crippen molar-refractivity contribution in [2.24, 2.45) is 0 Å². The second-order valence-corrected chi connectivity index (χ2v) is 5.29. The number of rotatable bonds is 7. The second-order valence-electron chi connectivity index (χ2n) is 5.29. The Morgan fingerprint density at radius 1 is 1.37 bits per heavy atom. The maximum Gasteiger partial charge on any atom is 0.224 e. The van der Waals surface area contributed by atoms with Crippen molar-refractivity contribution in [2.45, 2.75) is 59.7 Å². The number of aryl methyl sites for hydroxylation is 1. The summed E-state index contributed by atoms with van der Waals surface area (Å²) in [5.74, 6) is 1.89. The van der Waals surface area contributed by atoms with E-state index in [4.69, 9.17) is 4.42 Å². The van der Waals surface area contributed by atoms with Crippen LogP contribution in [0.5, 0.6) is 0 Å². The van der Waals surface area contributed by atoms with Gasteiger partial charge in [-0.25, -0.2) is 0 Å². The van der Waals surface area contributed by atoms with Crippen LogP contribution in [0.1, 0.15) is 45.6 Å². The lowest BCUT2D eigenvalue weighted by molar-refractivity contribution is -0.134. The topological polar surface area (TPSA) is 45.5 Å². The number of furan rings is 1. The summed E-state index contributed by atoms with van der Waals surface area (Å²) >= 11 is 0. The molecule has 0 radical (unpaired) electrons. The normalized spacial score (nSPS) is 12.7. The Labute approximate surface area is 116 Å². The highest BCUT2D eigenvalue weighted by molar-refractivity contribution is 5.77. The van der Waals surface area contributed by atoms with Gasteiger partial charge in [-0.1, -0.05) is 6.92 Å². The van der Waals surface area contributed by atoms with Crippen LogP contribution in [0.4, 0.5) is 0 Å². The molecule has 0 saturated carbocycles. The highest BCUT2D eigenvalue weighted by atomic mass is 16.3. The molecule has 1 aromatic heterocycles. The van der Waals surface area contributed by atoms with Crippen molar-refractivity contribution in [1.29, 1.82) is 0 Å². The van der Waals surface area contributed by atoms with Crippen LogP contribution in [0, 0.1) is 6.92 Å². The predicted molar refractivity (Wildman–Crippen MR) is 76.9 cm³/mol. The van der Waals surface area contributed by atoms with Crippen LogP contribution in [0.2, 0.25) is 0 Å². The lowest BCUT2D eigenvalue weighted by atomic mass is 10.2. The van der Waals surface area contributed by atoms with Crippen molar-refractivity contribution in [2.75, 3.05) is 6.54 Å². The zero-order chi connectivity index (χ0) is 14.4. The van der Waals surface area contributed by atoms with E-state index in [0.717, 1.165) is 18.1 Å². The Balaban J connectivity index is 2.64. The first-order valence-corrected chi connectivity index (χ1v) is 7.02. The van der Waals surface area contributed by atoms with Gasteiger partial charge in [0.15, 0.2) is 0 Å². The lowest BCUT2D eigenvalue weighted by Crippen LogP contribution is -2.40. The lowest BCUT2D eigenvalue weighted by Gasteiger charge is -2.27. The number of carbonyl (C=O) groups excluding carboxylic acids is 1. The minimum Gasteiger partial charge on any atom is -0.464 e. The first kappa shape index (κ1) is 15.8. The van der Waals surface area contributed by atoms with Gasteiger partial charge in [-0.15, -0.1) is 0 Å². The Kier molecular flexibility index (Phi) is 6.09. The first-order chi connectivity index (χ1) is 8.93. The Bertz CT molecular complexity index is 399. The molecule has 0 aliphatic heterocycles. The number of hydrogen-bond acceptors (Lipinski definition) is 3. The fourth-order valence-corrected chi connectivity index (χ4v) is 2.10. The van der Waals surface area contributed by atoms with E-state index in [2.05, 4.69) is 5.32 Å². The Morgan fingerprint density at radius 2 is 2.05 bits per heavy atom. The van der Waals surface area contributed by atoms with Crippen molar-refractivity contribution in [3.63, 3.8) is 0 Å². The highest BCUT2D eigenvalue weighted by Crippen LogP contribution is 2.13. The van der Waals surface area contributed by atoms with Gasteiger partial charge in [-0.2, -0.15) is 0 Å². The molecule has 1 aromatic rings. The molecule has 1 heterocycles. The van der Waals surface area contributed by atoms with Crippen molar-refractivity contribution >= 4 is 5.91 Å². The number of amides is 1. The van der Waals surface area contributed by atoms with Crippen LogP contribution >= 0.6 is 0 Å². The molecule has 4 nitrogen and oxygen atoms in total. The molecule has 19 heavy (non-hydrogen) atoms. The molecule has 0 spiro atoms. The molecular formula is C15H26N2O2. The number of carbonyl (C=O) groups is 1. The van der Waals surface area contributed by atoms with Crippen LogP contribution in [-0.4, -0.2) is 29.4 Å². The molecule has 0 bridgehead atoms. The van der Waals surface area contributed by atoms with Gasteiger partial charge in [0.05, 0.1) is 6.54 Å². The summed E-state index contributed by atoms with van der Waals surface area (Å²) in [7, 11) is 0. The van der Waals surface area contributed by atoms with Crippen LogP contribution < -0.4 is 5.32 Å². The average molecular weight is 266 g/mol. The molecule has 0 aliphatic carbocycles. The molecular weight excluding hydrogens is 240 g/mol. The average Bonchev–Trinajstić information content (AvgIpc) is 2.71. The maximum absolute atomic E-state index is 12.3. The molecule has 0 aromatic carbocycles. The van der Waals surface area contributed by atoms with Gasteiger partial charge in [-0.05, 0) is 46.4 Å². The standard InChI is InChI=1S/C15H26N2O2/c1-6-16-12(4)9-15(18)17(11(2)3)10-14-8-7-13(5)19-14/h7-8,11-12,16H,6,9-10H2,1-5H3. The van der Waals surface area contributed by atoms with Crippen molar-refractivity contribution in [3.05, 3.63) is 23.7 Å². The smallest absolute Gasteiger partial charge is 0.224 e. The zero-order valence-electron chi connectivity index (χ0n) is 12.7. The SMILES string of the molecule is CCNC(C)CC(=O)N(Cc1ccc(C)o1)C(C)C. The number of nitrogens with one attached hydrogen (secondary N) is 1. The van der Waals surface area contributed by atoms with E-state index >= 15 is 0 Å². The van der Waals surface area contributed by atoms with E-state index in [9.17, 15) is 4.79 Å². The van der Waals surface area contributed by atoms with Gasteiger partial charge in [0.1, 0.15) is 11.5 Å². The summed E-state index contributed by atoms with van der Waals surface area (Å²) in [4.78, 5) is 14.2. The molecule has 1 atom stereocenters. The second kappa shape index (κ2) is 7.34. The molecule has 1 unspecified atom stereocenters. The summed E-state index contributed by atoms with van der Waals surface area (Å²) < 4.78 is 5.56. The first-order valence-electron chi connectivity index (χ1n) is 7.02. The van der Waals surface area contributed by atoms with E-state index in [0.29, 0.717) is 13.0 Å². The van der Waals surface area contributed by atoms with E-state index in [1.165, 1.54) is 0 Å². The Morgan fingerprint density at radius 3 is 2.53 bits per heavy atom. The molecule has 0 saturated heterocycles. The molecule has 1 amide bonds. The fourth-order valence-electron chi connectivity index (χ4n) is 2.10. The van der Waals surface area contributed by atoms with Gasteiger partial charge in [0.2, 0.25) is 5.91 Å². The summed E-state index contributed by atoms with van der Waals surface area (Å²) in [6.45, 7) is 11.5. The Hall–Kier alpha value is -1.29. The van der Waals surface area contributed by atoms with E-state index in [1.54, 1.807) is 0 Å². The molecule has 108 valence electrons. The summed E-state index contributed by atoms with van der Waals surface area (Å²) in [6.07, 6.45) is 0.520. The largest absolute Gasteiger partial charge is 0.464 e. The molecule has 1 rings (SSSR count). The van der Waals surface area contributed by atoms with Crippen LogP contribution in [-0.2, 0) is 11.3 Å². The van der Waals surface area contributed by atoms with Gasteiger partial charge in [0, 0.05) is 18.5 Å². The minimum atomic E-state index is 0.164. The minimum absolute atomic E-state index is 0.164. The van der Waals surface area contributed by atoms with Gasteiger partial charge >= 0.3 is 0 Å². The molecule has 0 aliphatic rings. The third-order valence-corrected chi connectivity index (χ3v) is 3.10. The zero-order valence-corrected chi connectivity index (χ0v) is 12.7. The van der Waals surface area contributed by atoms with Crippen molar-refractivity contribution in [1.82, 2.24) is 10.2 Å².